The molecule has 2 rings (SSSR count). The van der Waals surface area contributed by atoms with Gasteiger partial charge in [-0.15, -0.1) is 0 Å². The second-order valence-corrected chi connectivity index (χ2v) is 22.2. The molecule has 0 radical (unpaired) electrons. The molecule has 0 saturated heterocycles. The van der Waals surface area contributed by atoms with Crippen molar-refractivity contribution in [2.75, 3.05) is 19.6 Å². The van der Waals surface area contributed by atoms with E-state index in [0.717, 1.165) is 6.54 Å². The van der Waals surface area contributed by atoms with Gasteiger partial charge in [-0.05, 0) is 0 Å². The monoisotopic (exact) mass is 641 g/mol. The average molecular weight is 641 g/mol. The molecule has 2 N–H and O–H groups in total. The van der Waals surface area contributed by atoms with Gasteiger partial charge in [-0.2, -0.15) is 0 Å². The first-order valence-corrected chi connectivity index (χ1v) is 23.1. The number of fused-ring (bicyclic) bond motifs is 1. The van der Waals surface area contributed by atoms with Crippen LogP contribution >= 0.6 is 0 Å². The van der Waals surface area contributed by atoms with Gasteiger partial charge in [0.05, 0.1) is 0 Å². The summed E-state index contributed by atoms with van der Waals surface area (Å²) in [5.74, 6) is -0.662. The average Bonchev–Trinajstić information content (AvgIpc) is 2.98. The van der Waals surface area contributed by atoms with Gasteiger partial charge < -0.3 is 0 Å². The zero-order valence-corrected chi connectivity index (χ0v) is 29.4. The summed E-state index contributed by atoms with van der Waals surface area (Å²) in [6, 6.07) is 7.58. The fourth-order valence-corrected chi connectivity index (χ4v) is 20.5. The van der Waals surface area contributed by atoms with Crippen LogP contribution in [0.4, 0.5) is 4.39 Å². The zero-order chi connectivity index (χ0) is 29.4. The SMILES string of the molecule is CC.CC.CC.CCC[CH2][Sn]([CH2]CCC)([CH2]CCC)[c]1ccc2nc(C(=O)NCCNCC)cc(F)c2c1. The van der Waals surface area contributed by atoms with Crippen LogP contribution in [0, 0.1) is 5.82 Å². The predicted octanol–water partition coefficient (Wildman–Crippen LogP) is 8.85. The van der Waals surface area contributed by atoms with Gasteiger partial charge in [0, 0.05) is 0 Å². The third-order valence-electron chi connectivity index (χ3n) is 6.47. The topological polar surface area (TPSA) is 54.0 Å². The van der Waals surface area contributed by atoms with Crippen LogP contribution in [0.25, 0.3) is 10.9 Å². The number of nitrogens with zero attached hydrogens (tertiary/aromatic N) is 1. The fourth-order valence-electron chi connectivity index (χ4n) is 4.52. The maximum absolute atomic E-state index is 15.2. The summed E-state index contributed by atoms with van der Waals surface area (Å²) in [6.07, 6.45) is 7.46. The van der Waals surface area contributed by atoms with Gasteiger partial charge >= 0.3 is 192 Å². The normalized spacial score (nSPS) is 10.4. The first-order chi connectivity index (χ1) is 18.5. The Bertz CT molecular complexity index is 838. The van der Waals surface area contributed by atoms with Gasteiger partial charge in [0.25, 0.3) is 0 Å². The Hall–Kier alpha value is -1.21. The number of amides is 1. The van der Waals surface area contributed by atoms with Crippen molar-refractivity contribution < 1.29 is 9.18 Å². The molecule has 220 valence electrons. The number of hydrogen-bond donors (Lipinski definition) is 2. The molecule has 0 unspecified atom stereocenters. The van der Waals surface area contributed by atoms with Crippen molar-refractivity contribution in [2.45, 2.75) is 121 Å². The molecule has 0 aliphatic rings. The molecule has 0 bridgehead atoms. The maximum atomic E-state index is 15.2. The van der Waals surface area contributed by atoms with Crippen molar-refractivity contribution in [1.29, 1.82) is 0 Å². The van der Waals surface area contributed by atoms with E-state index in [0.29, 0.717) is 24.0 Å². The Kier molecular flexibility index (Phi) is 25.4. The van der Waals surface area contributed by atoms with Crippen LogP contribution in [0.15, 0.2) is 24.3 Å². The van der Waals surface area contributed by atoms with Gasteiger partial charge in [0.1, 0.15) is 0 Å². The summed E-state index contributed by atoms with van der Waals surface area (Å²) in [5.41, 5.74) is 0.726. The summed E-state index contributed by atoms with van der Waals surface area (Å²) < 4.78 is 20.6. The van der Waals surface area contributed by atoms with Crippen molar-refractivity contribution in [2.24, 2.45) is 0 Å². The van der Waals surface area contributed by atoms with E-state index in [9.17, 15) is 4.79 Å². The number of hydrogen-bond acceptors (Lipinski definition) is 3. The van der Waals surface area contributed by atoms with Crippen LogP contribution in [0.1, 0.15) is 118 Å². The van der Waals surface area contributed by atoms with E-state index in [-0.39, 0.29) is 17.4 Å². The third-order valence-corrected chi connectivity index (χ3v) is 22.1. The van der Waals surface area contributed by atoms with Crippen molar-refractivity contribution in [3.63, 3.8) is 0 Å². The van der Waals surface area contributed by atoms with Crippen molar-refractivity contribution in [3.8, 4) is 0 Å². The summed E-state index contributed by atoms with van der Waals surface area (Å²) >= 11 is -2.64. The van der Waals surface area contributed by atoms with Crippen LogP contribution in [-0.4, -0.2) is 48.9 Å². The Balaban J connectivity index is 0. The van der Waals surface area contributed by atoms with E-state index < -0.39 is 18.4 Å². The first-order valence-electron chi connectivity index (χ1n) is 15.6. The molecule has 0 atom stereocenters. The molecule has 0 fully saturated rings. The van der Waals surface area contributed by atoms with Gasteiger partial charge in [0.15, 0.2) is 0 Å². The minimum atomic E-state index is -2.64. The van der Waals surface area contributed by atoms with Crippen LogP contribution in [0.2, 0.25) is 13.3 Å². The minimum absolute atomic E-state index is 0.150. The van der Waals surface area contributed by atoms with E-state index in [4.69, 9.17) is 0 Å². The molecular weight excluding hydrogens is 580 g/mol. The summed E-state index contributed by atoms with van der Waals surface area (Å²) in [4.78, 5) is 16.9. The number of unbranched alkanes of at least 4 members (excludes halogenated alkanes) is 3. The first kappa shape index (κ1) is 38.9. The van der Waals surface area contributed by atoms with E-state index in [1.54, 1.807) is 0 Å². The van der Waals surface area contributed by atoms with Crippen LogP contribution in [0.3, 0.4) is 0 Å². The Labute approximate surface area is 239 Å². The summed E-state index contributed by atoms with van der Waals surface area (Å²) in [5, 5.41) is 6.53. The van der Waals surface area contributed by atoms with Gasteiger partial charge in [-0.25, -0.2) is 0 Å². The fraction of sp³-hybridized carbons (Fsp3) is 0.688. The van der Waals surface area contributed by atoms with E-state index >= 15 is 4.39 Å². The number of halogens is 1. The molecule has 1 aromatic heterocycles. The number of rotatable bonds is 15. The molecule has 1 amide bonds. The number of benzene rings is 1. The number of pyridine rings is 1. The standard InChI is InChI=1S/C14H15FN3O.3C4H9.3C2H6.Sn/c1-2-16-7-8-17-14(19)13-9-11(15)10-5-3-4-6-12(10)18-13;3*1-3-4-2;3*1-2;/h4-6,9,16H,2,7-8H2,1H3,(H,17,19);3*1,3-4H2,2H3;3*1-2H3;. The number of carbonyl (C=O) groups is 1. The van der Waals surface area contributed by atoms with Crippen LogP contribution in [0.5, 0.6) is 0 Å². The molecule has 0 aliphatic carbocycles. The number of aromatic nitrogens is 1. The van der Waals surface area contributed by atoms with E-state index in [2.05, 4.69) is 48.5 Å². The predicted molar refractivity (Wildman–Crippen MR) is 171 cm³/mol. The molecule has 1 heterocycles. The van der Waals surface area contributed by atoms with Crippen molar-refractivity contribution in [1.82, 2.24) is 15.6 Å². The zero-order valence-electron chi connectivity index (χ0n) is 26.5. The number of nitrogens with one attached hydrogen (secondary N) is 2. The molecule has 0 aliphatic heterocycles. The van der Waals surface area contributed by atoms with Crippen molar-refractivity contribution >= 4 is 38.8 Å². The Morgan fingerprint density at radius 2 is 1.34 bits per heavy atom. The van der Waals surface area contributed by atoms with Gasteiger partial charge in [-0.3, -0.25) is 0 Å². The van der Waals surface area contributed by atoms with Crippen LogP contribution in [-0.2, 0) is 0 Å². The van der Waals surface area contributed by atoms with E-state index in [1.807, 2.05) is 54.5 Å². The summed E-state index contributed by atoms with van der Waals surface area (Å²) in [6.45, 7) is 22.9. The van der Waals surface area contributed by atoms with Crippen LogP contribution < -0.4 is 14.2 Å². The Morgan fingerprint density at radius 1 is 0.816 bits per heavy atom. The summed E-state index contributed by atoms with van der Waals surface area (Å²) in [7, 11) is 0. The molecule has 2 aromatic rings. The molecule has 6 heteroatoms. The van der Waals surface area contributed by atoms with Gasteiger partial charge in [0.2, 0.25) is 0 Å². The second-order valence-electron chi connectivity index (χ2n) is 8.92. The molecule has 1 aromatic carbocycles. The molecule has 38 heavy (non-hydrogen) atoms. The Morgan fingerprint density at radius 3 is 1.82 bits per heavy atom. The molecular formula is C32H60FN3OSn. The molecule has 4 nitrogen and oxygen atoms in total. The van der Waals surface area contributed by atoms with E-state index in [1.165, 1.54) is 61.5 Å². The quantitative estimate of drug-likeness (QED) is 0.151. The van der Waals surface area contributed by atoms with Gasteiger partial charge in [-0.1, -0.05) is 48.5 Å². The third kappa shape index (κ3) is 13.2. The number of likely N-dealkylation sites (N-methyl/N-ethyl adjacent to an activating group) is 1. The molecule has 0 spiro atoms. The second kappa shape index (κ2) is 24.8. The van der Waals surface area contributed by atoms with Crippen molar-refractivity contribution in [3.05, 3.63) is 35.8 Å². The number of carbonyl (C=O) groups excluding carboxylic acids is 1. The molecule has 0 saturated carbocycles.